The molecule has 3 nitrogen and oxygen atoms in total. The predicted molar refractivity (Wildman–Crippen MR) is 79.6 cm³/mol. The van der Waals surface area contributed by atoms with Crippen LogP contribution in [-0.4, -0.2) is 30.9 Å². The van der Waals surface area contributed by atoms with E-state index in [1.807, 2.05) is 19.1 Å². The van der Waals surface area contributed by atoms with Crippen molar-refractivity contribution in [3.63, 3.8) is 0 Å². The summed E-state index contributed by atoms with van der Waals surface area (Å²) in [6.07, 6.45) is 2.23. The number of hydrogen-bond donors (Lipinski definition) is 2. The Labute approximate surface area is 117 Å². The van der Waals surface area contributed by atoms with Crippen molar-refractivity contribution < 1.29 is 9.84 Å². The van der Waals surface area contributed by atoms with Crippen LogP contribution in [0.5, 0.6) is 5.75 Å². The number of benzene rings is 1. The van der Waals surface area contributed by atoms with Crippen LogP contribution in [0.25, 0.3) is 0 Å². The second-order valence-electron chi connectivity index (χ2n) is 5.24. The van der Waals surface area contributed by atoms with Crippen molar-refractivity contribution in [3.8, 4) is 5.75 Å². The van der Waals surface area contributed by atoms with Gasteiger partial charge in [0.1, 0.15) is 5.75 Å². The van der Waals surface area contributed by atoms with Gasteiger partial charge < -0.3 is 15.2 Å². The van der Waals surface area contributed by atoms with Crippen LogP contribution in [-0.2, 0) is 6.42 Å². The van der Waals surface area contributed by atoms with Gasteiger partial charge in [-0.2, -0.15) is 0 Å². The van der Waals surface area contributed by atoms with E-state index in [-0.39, 0.29) is 12.5 Å². The molecule has 0 bridgehead atoms. The molecule has 0 fully saturated rings. The SMILES string of the molecule is CCNC(C)CCc1ccc(OCC(C)CO)cc1. The number of aryl methyl sites for hydroxylation is 1. The van der Waals surface area contributed by atoms with Gasteiger partial charge in [0.25, 0.3) is 0 Å². The van der Waals surface area contributed by atoms with Gasteiger partial charge in [-0.05, 0) is 44.0 Å². The molecule has 19 heavy (non-hydrogen) atoms. The van der Waals surface area contributed by atoms with E-state index in [4.69, 9.17) is 9.84 Å². The number of aliphatic hydroxyl groups excluding tert-OH is 1. The summed E-state index contributed by atoms with van der Waals surface area (Å²) in [7, 11) is 0. The fourth-order valence-electron chi connectivity index (χ4n) is 1.88. The van der Waals surface area contributed by atoms with Crippen molar-refractivity contribution >= 4 is 0 Å². The lowest BCUT2D eigenvalue weighted by Crippen LogP contribution is -2.25. The number of rotatable bonds is 9. The van der Waals surface area contributed by atoms with Gasteiger partial charge in [0.05, 0.1) is 6.61 Å². The molecular formula is C16H27NO2. The molecule has 0 saturated heterocycles. The fraction of sp³-hybridized carbons (Fsp3) is 0.625. The van der Waals surface area contributed by atoms with Crippen LogP contribution in [0.1, 0.15) is 32.8 Å². The minimum atomic E-state index is 0.167. The summed E-state index contributed by atoms with van der Waals surface area (Å²) in [5.41, 5.74) is 1.34. The maximum absolute atomic E-state index is 8.94. The monoisotopic (exact) mass is 265 g/mol. The van der Waals surface area contributed by atoms with Gasteiger partial charge >= 0.3 is 0 Å². The number of nitrogens with one attached hydrogen (secondary N) is 1. The zero-order valence-electron chi connectivity index (χ0n) is 12.4. The lowest BCUT2D eigenvalue weighted by Gasteiger charge is -2.13. The molecule has 2 atom stereocenters. The molecule has 0 spiro atoms. The molecule has 2 unspecified atom stereocenters. The first-order chi connectivity index (χ1) is 9.15. The molecule has 0 heterocycles. The van der Waals surface area contributed by atoms with Crippen LogP contribution in [0.3, 0.4) is 0 Å². The highest BCUT2D eigenvalue weighted by Crippen LogP contribution is 2.14. The van der Waals surface area contributed by atoms with Crippen molar-refractivity contribution in [3.05, 3.63) is 29.8 Å². The lowest BCUT2D eigenvalue weighted by molar-refractivity contribution is 0.174. The van der Waals surface area contributed by atoms with Gasteiger partial charge in [0.15, 0.2) is 0 Å². The summed E-state index contributed by atoms with van der Waals surface area (Å²) in [5.74, 6) is 1.06. The van der Waals surface area contributed by atoms with Crippen molar-refractivity contribution in [2.24, 2.45) is 5.92 Å². The molecule has 1 aromatic rings. The third-order valence-electron chi connectivity index (χ3n) is 3.19. The summed E-state index contributed by atoms with van der Waals surface area (Å²) in [6.45, 7) is 8.08. The smallest absolute Gasteiger partial charge is 0.119 e. The number of ether oxygens (including phenoxy) is 1. The first-order valence-electron chi connectivity index (χ1n) is 7.21. The Morgan fingerprint density at radius 1 is 1.21 bits per heavy atom. The highest BCUT2D eigenvalue weighted by molar-refractivity contribution is 5.27. The third-order valence-corrected chi connectivity index (χ3v) is 3.19. The fourth-order valence-corrected chi connectivity index (χ4v) is 1.88. The Balaban J connectivity index is 2.34. The third kappa shape index (κ3) is 6.60. The molecule has 3 heteroatoms. The molecule has 2 N–H and O–H groups in total. The maximum Gasteiger partial charge on any atom is 0.119 e. The topological polar surface area (TPSA) is 41.5 Å². The van der Waals surface area contributed by atoms with Crippen LogP contribution in [0, 0.1) is 5.92 Å². The molecule has 0 radical (unpaired) electrons. The number of aliphatic hydroxyl groups is 1. The van der Waals surface area contributed by atoms with Gasteiger partial charge in [-0.1, -0.05) is 26.0 Å². The average Bonchev–Trinajstić information content (AvgIpc) is 2.44. The molecule has 0 aromatic heterocycles. The zero-order chi connectivity index (χ0) is 14.1. The zero-order valence-corrected chi connectivity index (χ0v) is 12.4. The van der Waals surface area contributed by atoms with E-state index in [1.54, 1.807) is 0 Å². The molecule has 1 rings (SSSR count). The summed E-state index contributed by atoms with van der Waals surface area (Å²) < 4.78 is 5.61. The first-order valence-corrected chi connectivity index (χ1v) is 7.21. The van der Waals surface area contributed by atoms with Crippen LogP contribution in [0.2, 0.25) is 0 Å². The summed E-state index contributed by atoms with van der Waals surface area (Å²) in [5, 5.41) is 12.4. The molecule has 0 amide bonds. The minimum absolute atomic E-state index is 0.167. The molecular weight excluding hydrogens is 238 g/mol. The van der Waals surface area contributed by atoms with E-state index in [0.717, 1.165) is 25.1 Å². The van der Waals surface area contributed by atoms with Crippen molar-refractivity contribution in [1.82, 2.24) is 5.32 Å². The molecule has 0 aliphatic heterocycles. The van der Waals surface area contributed by atoms with Gasteiger partial charge in [0, 0.05) is 18.6 Å². The molecule has 1 aromatic carbocycles. The van der Waals surface area contributed by atoms with Gasteiger partial charge in [0.2, 0.25) is 0 Å². The summed E-state index contributed by atoms with van der Waals surface area (Å²) in [4.78, 5) is 0. The van der Waals surface area contributed by atoms with Crippen LogP contribution < -0.4 is 10.1 Å². The average molecular weight is 265 g/mol. The largest absolute Gasteiger partial charge is 0.493 e. The first kappa shape index (κ1) is 16.0. The van der Waals surface area contributed by atoms with E-state index in [9.17, 15) is 0 Å². The second kappa shape index (κ2) is 8.94. The van der Waals surface area contributed by atoms with Crippen LogP contribution in [0.15, 0.2) is 24.3 Å². The lowest BCUT2D eigenvalue weighted by atomic mass is 10.1. The normalized spacial score (nSPS) is 14.1. The van der Waals surface area contributed by atoms with Gasteiger partial charge in [-0.25, -0.2) is 0 Å². The molecule has 0 aliphatic rings. The summed E-state index contributed by atoms with van der Waals surface area (Å²) >= 11 is 0. The molecule has 0 saturated carbocycles. The Morgan fingerprint density at radius 3 is 2.47 bits per heavy atom. The maximum atomic E-state index is 8.94. The van der Waals surface area contributed by atoms with Crippen LogP contribution in [0.4, 0.5) is 0 Å². The van der Waals surface area contributed by atoms with E-state index in [2.05, 4.69) is 31.3 Å². The summed E-state index contributed by atoms with van der Waals surface area (Å²) in [6, 6.07) is 8.83. The van der Waals surface area contributed by atoms with Gasteiger partial charge in [-0.15, -0.1) is 0 Å². The quantitative estimate of drug-likeness (QED) is 0.721. The second-order valence-corrected chi connectivity index (χ2v) is 5.24. The van der Waals surface area contributed by atoms with E-state index in [1.165, 1.54) is 5.56 Å². The Morgan fingerprint density at radius 2 is 1.89 bits per heavy atom. The Kier molecular flexibility index (Phi) is 7.53. The van der Waals surface area contributed by atoms with Crippen molar-refractivity contribution in [2.45, 2.75) is 39.7 Å². The van der Waals surface area contributed by atoms with E-state index in [0.29, 0.717) is 12.6 Å². The van der Waals surface area contributed by atoms with E-state index < -0.39 is 0 Å². The molecule has 0 aliphatic carbocycles. The standard InChI is InChI=1S/C16H27NO2/c1-4-17-14(3)5-6-15-7-9-16(10-8-15)19-12-13(2)11-18/h7-10,13-14,17-18H,4-6,11-12H2,1-3H3. The molecule has 108 valence electrons. The highest BCUT2D eigenvalue weighted by atomic mass is 16.5. The predicted octanol–water partition coefficient (Wildman–Crippen LogP) is 2.62. The van der Waals surface area contributed by atoms with Crippen molar-refractivity contribution in [2.75, 3.05) is 19.8 Å². The highest BCUT2D eigenvalue weighted by Gasteiger charge is 2.03. The van der Waals surface area contributed by atoms with E-state index >= 15 is 0 Å². The van der Waals surface area contributed by atoms with Crippen LogP contribution >= 0.6 is 0 Å². The van der Waals surface area contributed by atoms with Gasteiger partial charge in [-0.3, -0.25) is 0 Å². The Hall–Kier alpha value is -1.06. The van der Waals surface area contributed by atoms with Crippen molar-refractivity contribution in [1.29, 1.82) is 0 Å². The number of hydrogen-bond acceptors (Lipinski definition) is 3. The minimum Gasteiger partial charge on any atom is -0.493 e. The Bertz CT molecular complexity index is 337.